The van der Waals surface area contributed by atoms with Gasteiger partial charge in [0.1, 0.15) is 11.4 Å². The molecular formula is C27H23FN2O3. The van der Waals surface area contributed by atoms with Gasteiger partial charge in [-0.25, -0.2) is 4.39 Å². The second-order valence-corrected chi connectivity index (χ2v) is 7.82. The van der Waals surface area contributed by atoms with Gasteiger partial charge in [0, 0.05) is 18.3 Å². The number of carbonyl (C=O) groups is 2. The number of aryl methyl sites for hydroxylation is 1. The summed E-state index contributed by atoms with van der Waals surface area (Å²) in [5.41, 5.74) is 2.03. The topological polar surface area (TPSA) is 59.4 Å². The third-order valence-electron chi connectivity index (χ3n) is 5.74. The monoisotopic (exact) mass is 442 g/mol. The van der Waals surface area contributed by atoms with Crippen LogP contribution in [-0.4, -0.2) is 23.3 Å². The van der Waals surface area contributed by atoms with Gasteiger partial charge < -0.3 is 4.90 Å². The fraction of sp³-hybridized carbons (Fsp3) is 0.148. The zero-order chi connectivity index (χ0) is 23.5. The van der Waals surface area contributed by atoms with Crippen molar-refractivity contribution < 1.29 is 14.0 Å². The molecule has 166 valence electrons. The number of hydrogen-bond acceptors (Lipinski definition) is 3. The fourth-order valence-corrected chi connectivity index (χ4v) is 3.76. The Morgan fingerprint density at radius 1 is 0.939 bits per heavy atom. The molecule has 0 saturated carbocycles. The normalized spacial score (nSPS) is 10.9. The van der Waals surface area contributed by atoms with Crippen molar-refractivity contribution in [1.29, 1.82) is 0 Å². The van der Waals surface area contributed by atoms with Gasteiger partial charge in [0.05, 0.1) is 12.1 Å². The Morgan fingerprint density at radius 2 is 1.61 bits per heavy atom. The molecule has 0 unspecified atom stereocenters. The molecule has 0 N–H and O–H groups in total. The van der Waals surface area contributed by atoms with Crippen LogP contribution in [0.3, 0.4) is 0 Å². The van der Waals surface area contributed by atoms with E-state index in [-0.39, 0.29) is 17.9 Å². The predicted molar refractivity (Wildman–Crippen MR) is 127 cm³/mol. The maximum atomic E-state index is 13.4. The van der Waals surface area contributed by atoms with Crippen LogP contribution in [0, 0.1) is 5.82 Å². The SMILES string of the molecule is CCc1ccc(C(=O)Cn2c(=O)c(C(=O)N(C)c3ccc(F)cc3)cc3ccccc32)cc1. The van der Waals surface area contributed by atoms with E-state index in [1.807, 2.05) is 19.1 Å². The molecule has 0 bridgehead atoms. The van der Waals surface area contributed by atoms with Gasteiger partial charge in [0.15, 0.2) is 5.78 Å². The Balaban J connectivity index is 1.75. The third-order valence-corrected chi connectivity index (χ3v) is 5.74. The second-order valence-electron chi connectivity index (χ2n) is 7.82. The van der Waals surface area contributed by atoms with Gasteiger partial charge in [-0.05, 0) is 53.8 Å². The number of para-hydroxylation sites is 1. The van der Waals surface area contributed by atoms with E-state index in [2.05, 4.69) is 0 Å². The third kappa shape index (κ3) is 4.46. The van der Waals surface area contributed by atoms with Gasteiger partial charge in [-0.2, -0.15) is 0 Å². The molecule has 4 aromatic rings. The molecule has 1 heterocycles. The maximum Gasteiger partial charge on any atom is 0.264 e. The number of fused-ring (bicyclic) bond motifs is 1. The Morgan fingerprint density at radius 3 is 2.27 bits per heavy atom. The minimum atomic E-state index is -0.550. The number of amides is 1. The molecule has 0 aliphatic carbocycles. The first-order valence-electron chi connectivity index (χ1n) is 10.7. The molecule has 5 nitrogen and oxygen atoms in total. The van der Waals surface area contributed by atoms with E-state index in [1.54, 1.807) is 36.4 Å². The smallest absolute Gasteiger partial charge is 0.264 e. The molecule has 1 aromatic heterocycles. The summed E-state index contributed by atoms with van der Waals surface area (Å²) in [5, 5.41) is 0.669. The van der Waals surface area contributed by atoms with E-state index in [0.717, 1.165) is 12.0 Å². The number of aromatic nitrogens is 1. The van der Waals surface area contributed by atoms with Crippen molar-refractivity contribution in [2.75, 3.05) is 11.9 Å². The molecule has 0 fully saturated rings. The fourth-order valence-electron chi connectivity index (χ4n) is 3.76. The van der Waals surface area contributed by atoms with E-state index in [9.17, 15) is 18.8 Å². The summed E-state index contributed by atoms with van der Waals surface area (Å²) in [5.74, 6) is -1.18. The van der Waals surface area contributed by atoms with E-state index < -0.39 is 17.3 Å². The highest BCUT2D eigenvalue weighted by Crippen LogP contribution is 2.19. The van der Waals surface area contributed by atoms with Crippen LogP contribution in [-0.2, 0) is 13.0 Å². The lowest BCUT2D eigenvalue weighted by Gasteiger charge is -2.19. The van der Waals surface area contributed by atoms with Gasteiger partial charge >= 0.3 is 0 Å². The van der Waals surface area contributed by atoms with Crippen LogP contribution in [0.15, 0.2) is 83.7 Å². The zero-order valence-corrected chi connectivity index (χ0v) is 18.4. The van der Waals surface area contributed by atoms with Crippen LogP contribution in [0.5, 0.6) is 0 Å². The number of anilines is 1. The van der Waals surface area contributed by atoms with Crippen LogP contribution in [0.4, 0.5) is 10.1 Å². The van der Waals surface area contributed by atoms with E-state index >= 15 is 0 Å². The number of carbonyl (C=O) groups excluding carboxylic acids is 2. The summed E-state index contributed by atoms with van der Waals surface area (Å²) in [6.07, 6.45) is 0.865. The predicted octanol–water partition coefficient (Wildman–Crippen LogP) is 4.86. The number of benzene rings is 3. The molecule has 0 radical (unpaired) electrons. The number of Topliss-reactive ketones (excluding diaryl/α,β-unsaturated/α-hetero) is 1. The van der Waals surface area contributed by atoms with Crippen molar-refractivity contribution in [3.05, 3.63) is 112 Å². The quantitative estimate of drug-likeness (QED) is 0.401. The number of halogens is 1. The van der Waals surface area contributed by atoms with Gasteiger partial charge in [0.25, 0.3) is 11.5 Å². The Labute approximate surface area is 190 Å². The lowest BCUT2D eigenvalue weighted by Crippen LogP contribution is -2.35. The standard InChI is InChI=1S/C27H23FN2O3/c1-3-18-8-10-19(11-9-18)25(31)17-30-24-7-5-4-6-20(24)16-23(27(30)33)26(32)29(2)22-14-12-21(28)13-15-22/h4-16H,3,17H2,1-2H3. The summed E-state index contributed by atoms with van der Waals surface area (Å²) < 4.78 is 14.6. The molecule has 1 amide bonds. The first-order valence-corrected chi connectivity index (χ1v) is 10.7. The number of rotatable bonds is 6. The lowest BCUT2D eigenvalue weighted by atomic mass is 10.1. The van der Waals surface area contributed by atoms with Crippen LogP contribution in [0.25, 0.3) is 10.9 Å². The Hall–Kier alpha value is -4.06. The number of nitrogens with zero attached hydrogens (tertiary/aromatic N) is 2. The molecule has 0 aliphatic heterocycles. The van der Waals surface area contributed by atoms with Crippen molar-refractivity contribution in [2.24, 2.45) is 0 Å². The minimum absolute atomic E-state index is 0.0605. The summed E-state index contributed by atoms with van der Waals surface area (Å²) >= 11 is 0. The van der Waals surface area contributed by atoms with Gasteiger partial charge in [-0.1, -0.05) is 49.4 Å². The molecule has 0 saturated heterocycles. The molecular weight excluding hydrogens is 419 g/mol. The molecule has 33 heavy (non-hydrogen) atoms. The lowest BCUT2D eigenvalue weighted by molar-refractivity contribution is 0.0963. The maximum absolute atomic E-state index is 13.4. The number of pyridine rings is 1. The Kier molecular flexibility index (Phi) is 6.18. The summed E-state index contributed by atoms with van der Waals surface area (Å²) in [7, 11) is 1.52. The van der Waals surface area contributed by atoms with E-state index in [1.165, 1.54) is 46.8 Å². The van der Waals surface area contributed by atoms with Crippen LogP contribution >= 0.6 is 0 Å². The molecule has 6 heteroatoms. The summed E-state index contributed by atoms with van der Waals surface area (Å²) in [4.78, 5) is 40.9. The van der Waals surface area contributed by atoms with Gasteiger partial charge in [-0.15, -0.1) is 0 Å². The molecule has 0 atom stereocenters. The highest BCUT2D eigenvalue weighted by Gasteiger charge is 2.21. The number of hydrogen-bond donors (Lipinski definition) is 0. The molecule has 3 aromatic carbocycles. The first-order chi connectivity index (χ1) is 15.9. The van der Waals surface area contributed by atoms with Crippen molar-refractivity contribution >= 4 is 28.3 Å². The average Bonchev–Trinajstić information content (AvgIpc) is 2.85. The molecule has 0 spiro atoms. The van der Waals surface area contributed by atoms with Crippen molar-refractivity contribution in [3.8, 4) is 0 Å². The summed E-state index contributed by atoms with van der Waals surface area (Å²) in [6.45, 7) is 1.85. The van der Waals surface area contributed by atoms with E-state index in [0.29, 0.717) is 22.2 Å². The van der Waals surface area contributed by atoms with Crippen molar-refractivity contribution in [1.82, 2.24) is 4.57 Å². The van der Waals surface area contributed by atoms with Gasteiger partial charge in [0.2, 0.25) is 0 Å². The molecule has 4 rings (SSSR count). The van der Waals surface area contributed by atoms with Crippen molar-refractivity contribution in [3.63, 3.8) is 0 Å². The van der Waals surface area contributed by atoms with Crippen LogP contribution in [0.2, 0.25) is 0 Å². The second kappa shape index (κ2) is 9.20. The summed E-state index contributed by atoms with van der Waals surface area (Å²) in [6, 6.07) is 21.4. The average molecular weight is 442 g/mol. The zero-order valence-electron chi connectivity index (χ0n) is 18.4. The van der Waals surface area contributed by atoms with Crippen LogP contribution in [0.1, 0.15) is 33.2 Å². The van der Waals surface area contributed by atoms with Crippen molar-refractivity contribution in [2.45, 2.75) is 19.9 Å². The highest BCUT2D eigenvalue weighted by molar-refractivity contribution is 6.07. The largest absolute Gasteiger partial charge is 0.311 e. The first kappa shape index (κ1) is 22.1. The minimum Gasteiger partial charge on any atom is -0.311 e. The van der Waals surface area contributed by atoms with Gasteiger partial charge in [-0.3, -0.25) is 19.0 Å². The highest BCUT2D eigenvalue weighted by atomic mass is 19.1. The van der Waals surface area contributed by atoms with E-state index in [4.69, 9.17) is 0 Å². The number of ketones is 1. The molecule has 0 aliphatic rings. The Bertz CT molecular complexity index is 1390. The van der Waals surface area contributed by atoms with Crippen LogP contribution < -0.4 is 10.5 Å².